The fourth-order valence-electron chi connectivity index (χ4n) is 2.78. The Hall–Kier alpha value is -2.33. The summed E-state index contributed by atoms with van der Waals surface area (Å²) < 4.78 is 0. The largest absolute Gasteiger partial charge is 0.352 e. The number of nitrogens with one attached hydrogen (secondary N) is 1. The SMILES string of the molecule is Cc1ccc(CN(C(=O)Cc2ccccc2Cl)C(C)C(=O)NC(C)C)cc1. The molecule has 0 saturated heterocycles. The molecule has 1 atom stereocenters. The van der Waals surface area contributed by atoms with Crippen LogP contribution in [0.15, 0.2) is 48.5 Å². The summed E-state index contributed by atoms with van der Waals surface area (Å²) in [5.74, 6) is -0.292. The van der Waals surface area contributed by atoms with Crippen LogP contribution in [-0.4, -0.2) is 28.8 Å². The summed E-state index contributed by atoms with van der Waals surface area (Å²) in [6, 6.07) is 14.7. The molecular formula is C22H27ClN2O2. The first-order valence-electron chi connectivity index (χ1n) is 9.16. The van der Waals surface area contributed by atoms with Gasteiger partial charge in [0.1, 0.15) is 6.04 Å². The number of amides is 2. The number of halogens is 1. The normalized spacial score (nSPS) is 11.9. The molecule has 0 aliphatic heterocycles. The van der Waals surface area contributed by atoms with E-state index in [2.05, 4.69) is 5.32 Å². The summed E-state index contributed by atoms with van der Waals surface area (Å²) in [5, 5.41) is 3.45. The van der Waals surface area contributed by atoms with Crippen molar-refractivity contribution in [3.8, 4) is 0 Å². The monoisotopic (exact) mass is 386 g/mol. The lowest BCUT2D eigenvalue weighted by Gasteiger charge is -2.29. The quantitative estimate of drug-likeness (QED) is 0.777. The van der Waals surface area contributed by atoms with Gasteiger partial charge in [0, 0.05) is 17.6 Å². The Morgan fingerprint density at radius 3 is 2.26 bits per heavy atom. The molecule has 2 aromatic rings. The van der Waals surface area contributed by atoms with Crippen molar-refractivity contribution >= 4 is 23.4 Å². The van der Waals surface area contributed by atoms with Gasteiger partial charge in [-0.3, -0.25) is 9.59 Å². The molecule has 0 bridgehead atoms. The van der Waals surface area contributed by atoms with Gasteiger partial charge in [0.2, 0.25) is 11.8 Å². The van der Waals surface area contributed by atoms with Crippen molar-refractivity contribution in [2.24, 2.45) is 0 Å². The van der Waals surface area contributed by atoms with E-state index in [1.165, 1.54) is 0 Å². The molecule has 2 amide bonds. The standard InChI is InChI=1S/C22H27ClN2O2/c1-15(2)24-22(27)17(4)25(14-18-11-9-16(3)10-12-18)21(26)13-19-7-5-6-8-20(19)23/h5-12,15,17H,13-14H2,1-4H3,(H,24,27). The number of aryl methyl sites for hydroxylation is 1. The second-order valence-corrected chi connectivity index (χ2v) is 7.52. The third-order valence-corrected chi connectivity index (χ3v) is 4.74. The van der Waals surface area contributed by atoms with E-state index in [0.29, 0.717) is 11.6 Å². The van der Waals surface area contributed by atoms with Crippen molar-refractivity contribution in [1.29, 1.82) is 0 Å². The lowest BCUT2D eigenvalue weighted by Crippen LogP contribution is -2.49. The highest BCUT2D eigenvalue weighted by Gasteiger charge is 2.26. The van der Waals surface area contributed by atoms with Gasteiger partial charge in [-0.05, 0) is 44.9 Å². The highest BCUT2D eigenvalue weighted by atomic mass is 35.5. The number of carbonyl (C=O) groups excluding carboxylic acids is 2. The molecule has 1 N–H and O–H groups in total. The zero-order valence-electron chi connectivity index (χ0n) is 16.3. The molecule has 2 rings (SSSR count). The molecule has 0 radical (unpaired) electrons. The Balaban J connectivity index is 2.24. The molecule has 27 heavy (non-hydrogen) atoms. The summed E-state index contributed by atoms with van der Waals surface area (Å²) in [6.07, 6.45) is 0.158. The third kappa shape index (κ3) is 6.10. The minimum atomic E-state index is -0.580. The van der Waals surface area contributed by atoms with Gasteiger partial charge >= 0.3 is 0 Å². The Labute approximate surface area is 166 Å². The van der Waals surface area contributed by atoms with Crippen molar-refractivity contribution < 1.29 is 9.59 Å². The number of benzene rings is 2. The van der Waals surface area contributed by atoms with Crippen molar-refractivity contribution in [3.05, 3.63) is 70.2 Å². The fourth-order valence-corrected chi connectivity index (χ4v) is 2.99. The number of carbonyl (C=O) groups is 2. The van der Waals surface area contributed by atoms with E-state index in [0.717, 1.165) is 16.7 Å². The third-order valence-electron chi connectivity index (χ3n) is 4.37. The molecule has 4 nitrogen and oxygen atoms in total. The highest BCUT2D eigenvalue weighted by Crippen LogP contribution is 2.18. The lowest BCUT2D eigenvalue weighted by molar-refractivity contribution is -0.140. The molecule has 0 aliphatic rings. The van der Waals surface area contributed by atoms with Crippen LogP contribution in [-0.2, 0) is 22.6 Å². The van der Waals surface area contributed by atoms with E-state index in [1.807, 2.05) is 63.2 Å². The van der Waals surface area contributed by atoms with Crippen LogP contribution in [0.1, 0.15) is 37.5 Å². The van der Waals surface area contributed by atoms with Gasteiger partial charge in [-0.25, -0.2) is 0 Å². The van der Waals surface area contributed by atoms with Crippen LogP contribution >= 0.6 is 11.6 Å². The van der Waals surface area contributed by atoms with Crippen LogP contribution in [0, 0.1) is 6.92 Å². The molecule has 144 valence electrons. The van der Waals surface area contributed by atoms with Crippen LogP contribution in [0.3, 0.4) is 0 Å². The van der Waals surface area contributed by atoms with Crippen molar-refractivity contribution in [1.82, 2.24) is 10.2 Å². The Bertz CT molecular complexity index is 787. The second kappa shape index (κ2) is 9.56. The van der Waals surface area contributed by atoms with Crippen LogP contribution in [0.5, 0.6) is 0 Å². The second-order valence-electron chi connectivity index (χ2n) is 7.11. The molecule has 0 aliphatic carbocycles. The smallest absolute Gasteiger partial charge is 0.242 e. The Kier molecular flexibility index (Phi) is 7.43. The van der Waals surface area contributed by atoms with E-state index in [4.69, 9.17) is 11.6 Å². The van der Waals surface area contributed by atoms with E-state index >= 15 is 0 Å². The summed E-state index contributed by atoms with van der Waals surface area (Å²) in [7, 11) is 0. The molecule has 0 saturated carbocycles. The fraction of sp³-hybridized carbons (Fsp3) is 0.364. The predicted octanol–water partition coefficient (Wildman–Crippen LogP) is 4.13. The van der Waals surface area contributed by atoms with E-state index < -0.39 is 6.04 Å². The maximum Gasteiger partial charge on any atom is 0.242 e. The summed E-state index contributed by atoms with van der Waals surface area (Å²) >= 11 is 6.21. The van der Waals surface area contributed by atoms with Crippen molar-refractivity contribution in [2.45, 2.75) is 52.7 Å². The number of rotatable bonds is 7. The molecular weight excluding hydrogens is 360 g/mol. The minimum Gasteiger partial charge on any atom is -0.352 e. The van der Waals surface area contributed by atoms with Gasteiger partial charge in [0.15, 0.2) is 0 Å². The van der Waals surface area contributed by atoms with Gasteiger partial charge in [0.05, 0.1) is 6.42 Å². The summed E-state index contributed by atoms with van der Waals surface area (Å²) in [6.45, 7) is 7.95. The van der Waals surface area contributed by atoms with Crippen molar-refractivity contribution in [2.75, 3.05) is 0 Å². The zero-order valence-corrected chi connectivity index (χ0v) is 17.1. The molecule has 0 heterocycles. The lowest BCUT2D eigenvalue weighted by atomic mass is 10.1. The van der Waals surface area contributed by atoms with E-state index in [1.54, 1.807) is 17.9 Å². The van der Waals surface area contributed by atoms with Crippen LogP contribution < -0.4 is 5.32 Å². The Morgan fingerprint density at radius 2 is 1.67 bits per heavy atom. The average molecular weight is 387 g/mol. The molecule has 1 unspecified atom stereocenters. The van der Waals surface area contributed by atoms with Gasteiger partial charge in [0.25, 0.3) is 0 Å². The van der Waals surface area contributed by atoms with Gasteiger partial charge < -0.3 is 10.2 Å². The summed E-state index contributed by atoms with van der Waals surface area (Å²) in [5.41, 5.74) is 2.89. The highest BCUT2D eigenvalue weighted by molar-refractivity contribution is 6.31. The molecule has 0 spiro atoms. The Morgan fingerprint density at radius 1 is 1.04 bits per heavy atom. The van der Waals surface area contributed by atoms with Gasteiger partial charge in [-0.2, -0.15) is 0 Å². The first-order valence-corrected chi connectivity index (χ1v) is 9.54. The summed E-state index contributed by atoms with van der Waals surface area (Å²) in [4.78, 5) is 27.2. The predicted molar refractivity (Wildman–Crippen MR) is 110 cm³/mol. The topological polar surface area (TPSA) is 49.4 Å². The minimum absolute atomic E-state index is 0.0137. The maximum absolute atomic E-state index is 13.1. The number of nitrogens with zero attached hydrogens (tertiary/aromatic N) is 1. The van der Waals surface area contributed by atoms with E-state index in [-0.39, 0.29) is 24.3 Å². The van der Waals surface area contributed by atoms with Crippen LogP contribution in [0.4, 0.5) is 0 Å². The molecule has 0 fully saturated rings. The van der Waals surface area contributed by atoms with Gasteiger partial charge in [-0.15, -0.1) is 0 Å². The van der Waals surface area contributed by atoms with Gasteiger partial charge in [-0.1, -0.05) is 59.6 Å². The van der Waals surface area contributed by atoms with Crippen LogP contribution in [0.25, 0.3) is 0 Å². The van der Waals surface area contributed by atoms with Crippen molar-refractivity contribution in [3.63, 3.8) is 0 Å². The first-order chi connectivity index (χ1) is 12.8. The van der Waals surface area contributed by atoms with Crippen LogP contribution in [0.2, 0.25) is 5.02 Å². The maximum atomic E-state index is 13.1. The van der Waals surface area contributed by atoms with E-state index in [9.17, 15) is 9.59 Å². The first kappa shape index (κ1) is 21.0. The molecule has 2 aromatic carbocycles. The average Bonchev–Trinajstić information content (AvgIpc) is 2.62. The number of hydrogen-bond acceptors (Lipinski definition) is 2. The zero-order chi connectivity index (χ0) is 20.0. The molecule has 0 aromatic heterocycles. The number of hydrogen-bond donors (Lipinski definition) is 1. The molecule has 5 heteroatoms.